The number of carbonyl (C=O) groups is 2. The number of carbonyl (C=O) groups excluding carboxylic acids is 2. The predicted octanol–water partition coefficient (Wildman–Crippen LogP) is -0.984. The lowest BCUT2D eigenvalue weighted by atomic mass is 10.2. The van der Waals surface area contributed by atoms with E-state index in [2.05, 4.69) is 15.6 Å². The normalized spacial score (nSPS) is 9.62. The number of rotatable bonds is 4. The third kappa shape index (κ3) is 3.32. The molecule has 0 spiro atoms. The lowest BCUT2D eigenvalue weighted by Gasteiger charge is -2.04. The van der Waals surface area contributed by atoms with Crippen LogP contribution in [-0.2, 0) is 11.3 Å². The van der Waals surface area contributed by atoms with Crippen LogP contribution < -0.4 is 16.4 Å². The van der Waals surface area contributed by atoms with Gasteiger partial charge >= 0.3 is 0 Å². The summed E-state index contributed by atoms with van der Waals surface area (Å²) in [6.07, 6.45) is 1.54. The molecule has 86 valence electrons. The van der Waals surface area contributed by atoms with Gasteiger partial charge in [-0.05, 0) is 11.6 Å². The second kappa shape index (κ2) is 5.82. The van der Waals surface area contributed by atoms with Gasteiger partial charge in [0.2, 0.25) is 5.91 Å². The number of likely N-dealkylation sites (N-methyl/N-ethyl adjacent to an activating group) is 1. The van der Waals surface area contributed by atoms with E-state index in [1.54, 1.807) is 12.1 Å². The number of hydrogen-bond acceptors (Lipinski definition) is 4. The molecular weight excluding hydrogens is 208 g/mol. The Balaban J connectivity index is 2.56. The molecule has 0 aliphatic rings. The molecule has 1 heterocycles. The Bertz CT molecular complexity index is 375. The van der Waals surface area contributed by atoms with Crippen molar-refractivity contribution >= 4 is 11.8 Å². The second-order valence-electron chi connectivity index (χ2n) is 3.11. The lowest BCUT2D eigenvalue weighted by Crippen LogP contribution is -2.35. The number of amides is 2. The minimum Gasteiger partial charge on any atom is -0.358 e. The van der Waals surface area contributed by atoms with E-state index in [1.165, 1.54) is 13.2 Å². The maximum absolute atomic E-state index is 11.5. The van der Waals surface area contributed by atoms with Crippen LogP contribution >= 0.6 is 0 Å². The molecule has 0 saturated heterocycles. The Morgan fingerprint density at radius 1 is 1.44 bits per heavy atom. The number of pyridine rings is 1. The monoisotopic (exact) mass is 222 g/mol. The molecule has 0 saturated carbocycles. The van der Waals surface area contributed by atoms with Crippen molar-refractivity contribution in [1.82, 2.24) is 15.6 Å². The Labute approximate surface area is 93.2 Å². The van der Waals surface area contributed by atoms with E-state index in [-0.39, 0.29) is 24.1 Å². The van der Waals surface area contributed by atoms with E-state index in [0.29, 0.717) is 6.54 Å². The minimum absolute atomic E-state index is 0.0599. The summed E-state index contributed by atoms with van der Waals surface area (Å²) in [5.41, 5.74) is 6.51. The maximum Gasteiger partial charge on any atom is 0.270 e. The Morgan fingerprint density at radius 3 is 2.69 bits per heavy atom. The van der Waals surface area contributed by atoms with Crippen molar-refractivity contribution in [2.24, 2.45) is 5.73 Å². The van der Waals surface area contributed by atoms with Crippen molar-refractivity contribution in [3.63, 3.8) is 0 Å². The molecule has 2 amide bonds. The maximum atomic E-state index is 11.5. The highest BCUT2D eigenvalue weighted by molar-refractivity contribution is 5.94. The summed E-state index contributed by atoms with van der Waals surface area (Å²) in [7, 11) is 1.50. The van der Waals surface area contributed by atoms with Crippen LogP contribution in [-0.4, -0.2) is 30.4 Å². The molecule has 0 aromatic carbocycles. The second-order valence-corrected chi connectivity index (χ2v) is 3.11. The molecule has 0 fully saturated rings. The third-order valence-electron chi connectivity index (χ3n) is 1.98. The highest BCUT2D eigenvalue weighted by Crippen LogP contribution is 1.98. The summed E-state index contributed by atoms with van der Waals surface area (Å²) in [6.45, 7) is 0.322. The van der Waals surface area contributed by atoms with Crippen LogP contribution in [0.1, 0.15) is 16.1 Å². The van der Waals surface area contributed by atoms with Gasteiger partial charge in [0.1, 0.15) is 5.69 Å². The van der Waals surface area contributed by atoms with Crippen LogP contribution in [0.25, 0.3) is 0 Å². The van der Waals surface area contributed by atoms with Gasteiger partial charge in [0.05, 0.1) is 6.54 Å². The fourth-order valence-electron chi connectivity index (χ4n) is 1.02. The fourth-order valence-corrected chi connectivity index (χ4v) is 1.02. The average Bonchev–Trinajstić information content (AvgIpc) is 2.35. The molecule has 6 nitrogen and oxygen atoms in total. The average molecular weight is 222 g/mol. The summed E-state index contributed by atoms with van der Waals surface area (Å²) >= 11 is 0. The Hall–Kier alpha value is -1.95. The summed E-state index contributed by atoms with van der Waals surface area (Å²) in [6, 6.07) is 3.29. The smallest absolute Gasteiger partial charge is 0.270 e. The van der Waals surface area contributed by atoms with Crippen LogP contribution in [0.15, 0.2) is 18.3 Å². The molecule has 0 radical (unpaired) electrons. The van der Waals surface area contributed by atoms with E-state index in [0.717, 1.165) is 5.56 Å². The Kier molecular flexibility index (Phi) is 4.41. The number of hydrogen-bond donors (Lipinski definition) is 3. The third-order valence-corrected chi connectivity index (χ3v) is 1.98. The predicted molar refractivity (Wildman–Crippen MR) is 58.5 cm³/mol. The first-order chi connectivity index (χ1) is 7.67. The largest absolute Gasteiger partial charge is 0.358 e. The first-order valence-electron chi connectivity index (χ1n) is 4.81. The van der Waals surface area contributed by atoms with Crippen molar-refractivity contribution in [3.8, 4) is 0 Å². The first kappa shape index (κ1) is 12.1. The molecule has 16 heavy (non-hydrogen) atoms. The standard InChI is InChI=1S/C10H14N4O2/c1-12-9(15)6-14-10(16)8-3-2-7(4-11)5-13-8/h2-3,5H,4,6,11H2,1H3,(H,12,15)(H,14,16). The zero-order valence-electron chi connectivity index (χ0n) is 8.99. The van der Waals surface area contributed by atoms with E-state index in [4.69, 9.17) is 5.73 Å². The van der Waals surface area contributed by atoms with Crippen molar-refractivity contribution in [2.45, 2.75) is 6.54 Å². The van der Waals surface area contributed by atoms with Gasteiger partial charge in [-0.1, -0.05) is 6.07 Å². The van der Waals surface area contributed by atoms with E-state index in [1.807, 2.05) is 0 Å². The van der Waals surface area contributed by atoms with Gasteiger partial charge in [-0.3, -0.25) is 14.6 Å². The van der Waals surface area contributed by atoms with Crippen LogP contribution in [0.5, 0.6) is 0 Å². The van der Waals surface area contributed by atoms with Gasteiger partial charge in [-0.25, -0.2) is 0 Å². The van der Waals surface area contributed by atoms with Crippen molar-refractivity contribution in [2.75, 3.05) is 13.6 Å². The van der Waals surface area contributed by atoms with Crippen molar-refractivity contribution in [3.05, 3.63) is 29.6 Å². The zero-order valence-corrected chi connectivity index (χ0v) is 8.99. The summed E-state index contributed by atoms with van der Waals surface area (Å²) in [5, 5.41) is 4.84. The molecule has 0 atom stereocenters. The van der Waals surface area contributed by atoms with Gasteiger partial charge < -0.3 is 16.4 Å². The molecule has 1 rings (SSSR count). The van der Waals surface area contributed by atoms with Crippen molar-refractivity contribution < 1.29 is 9.59 Å². The first-order valence-corrected chi connectivity index (χ1v) is 4.81. The Morgan fingerprint density at radius 2 is 2.19 bits per heavy atom. The topological polar surface area (TPSA) is 97.1 Å². The zero-order chi connectivity index (χ0) is 12.0. The summed E-state index contributed by atoms with van der Waals surface area (Å²) < 4.78 is 0. The molecule has 4 N–H and O–H groups in total. The van der Waals surface area contributed by atoms with Crippen LogP contribution in [0, 0.1) is 0 Å². The SMILES string of the molecule is CNC(=O)CNC(=O)c1ccc(CN)cn1. The quantitative estimate of drug-likeness (QED) is 0.609. The molecular formula is C10H14N4O2. The molecule has 1 aromatic rings. The molecule has 0 unspecified atom stereocenters. The van der Waals surface area contributed by atoms with Gasteiger partial charge in [0, 0.05) is 19.8 Å². The number of aromatic nitrogens is 1. The van der Waals surface area contributed by atoms with Crippen LogP contribution in [0.2, 0.25) is 0 Å². The highest BCUT2D eigenvalue weighted by Gasteiger charge is 2.07. The van der Waals surface area contributed by atoms with Gasteiger partial charge in [-0.15, -0.1) is 0 Å². The number of nitrogens with two attached hydrogens (primary N) is 1. The van der Waals surface area contributed by atoms with E-state index in [9.17, 15) is 9.59 Å². The molecule has 0 aliphatic heterocycles. The molecule has 0 aliphatic carbocycles. The van der Waals surface area contributed by atoms with E-state index < -0.39 is 0 Å². The molecule has 1 aromatic heterocycles. The fraction of sp³-hybridized carbons (Fsp3) is 0.300. The van der Waals surface area contributed by atoms with Gasteiger partial charge in [-0.2, -0.15) is 0 Å². The number of nitrogens with one attached hydrogen (secondary N) is 2. The summed E-state index contributed by atoms with van der Waals surface area (Å²) in [4.78, 5) is 26.3. The number of nitrogens with zero attached hydrogens (tertiary/aromatic N) is 1. The summed E-state index contributed by atoms with van der Waals surface area (Å²) in [5.74, 6) is -0.640. The lowest BCUT2D eigenvalue weighted by molar-refractivity contribution is -0.119. The van der Waals surface area contributed by atoms with Crippen molar-refractivity contribution in [1.29, 1.82) is 0 Å². The van der Waals surface area contributed by atoms with Gasteiger partial charge in [0.15, 0.2) is 0 Å². The molecule has 0 bridgehead atoms. The van der Waals surface area contributed by atoms with Gasteiger partial charge in [0.25, 0.3) is 5.91 Å². The highest BCUT2D eigenvalue weighted by atomic mass is 16.2. The minimum atomic E-state index is -0.382. The van der Waals surface area contributed by atoms with E-state index >= 15 is 0 Å². The molecule has 6 heteroatoms. The van der Waals surface area contributed by atoms with Crippen LogP contribution in [0.3, 0.4) is 0 Å². The van der Waals surface area contributed by atoms with Crippen LogP contribution in [0.4, 0.5) is 0 Å².